The number of benzene rings is 2. The van der Waals surface area contributed by atoms with Crippen molar-refractivity contribution >= 4 is 38.6 Å². The Morgan fingerprint density at radius 3 is 2.71 bits per heavy atom. The zero-order chi connectivity index (χ0) is 14.8. The molecule has 1 unspecified atom stereocenters. The van der Waals surface area contributed by atoms with Crippen LogP contribution in [0.2, 0.25) is 0 Å². The molecule has 0 radical (unpaired) electrons. The molecule has 3 rings (SSSR count). The van der Waals surface area contributed by atoms with Crippen LogP contribution in [0.4, 0.5) is 0 Å². The van der Waals surface area contributed by atoms with Gasteiger partial charge in [0.25, 0.3) is 0 Å². The Bertz CT molecular complexity index is 733. The van der Waals surface area contributed by atoms with Gasteiger partial charge in [0.1, 0.15) is 0 Å². The van der Waals surface area contributed by atoms with Crippen molar-refractivity contribution in [2.45, 2.75) is 22.9 Å². The maximum atomic E-state index is 3.56. The third-order valence-corrected chi connectivity index (χ3v) is 5.12. The Morgan fingerprint density at radius 2 is 1.95 bits per heavy atom. The number of halogens is 1. The molecule has 1 heterocycles. The second-order valence-electron chi connectivity index (χ2n) is 5.02. The van der Waals surface area contributed by atoms with Crippen molar-refractivity contribution in [1.82, 2.24) is 10.3 Å². The van der Waals surface area contributed by atoms with E-state index in [-0.39, 0.29) is 0 Å². The maximum absolute atomic E-state index is 3.56. The van der Waals surface area contributed by atoms with Gasteiger partial charge in [0.2, 0.25) is 0 Å². The zero-order valence-corrected chi connectivity index (χ0v) is 14.4. The van der Waals surface area contributed by atoms with Gasteiger partial charge in [0.15, 0.2) is 0 Å². The van der Waals surface area contributed by atoms with E-state index in [1.165, 1.54) is 26.4 Å². The molecule has 0 spiro atoms. The molecular weight excluding hydrogens is 344 g/mol. The minimum absolute atomic E-state index is 0.314. The van der Waals surface area contributed by atoms with Crippen molar-refractivity contribution in [3.8, 4) is 0 Å². The molecule has 2 N–H and O–H groups in total. The molecule has 4 heteroatoms. The molecule has 108 valence electrons. The highest BCUT2D eigenvalue weighted by molar-refractivity contribution is 9.10. The standard InChI is InChI=1S/C17H17BrN2S/c1-11(19-2)14-10-13(18)7-8-16(14)21-17-9-12-5-3-4-6-15(12)20-17/h3-11,19-20H,1-2H3. The number of aromatic amines is 1. The van der Waals surface area contributed by atoms with Crippen molar-refractivity contribution in [3.63, 3.8) is 0 Å². The number of H-pyrrole nitrogens is 1. The maximum Gasteiger partial charge on any atom is 0.0780 e. The second kappa shape index (κ2) is 6.26. The van der Waals surface area contributed by atoms with E-state index < -0.39 is 0 Å². The van der Waals surface area contributed by atoms with Gasteiger partial charge in [0.05, 0.1) is 5.03 Å². The van der Waals surface area contributed by atoms with E-state index in [4.69, 9.17) is 0 Å². The first kappa shape index (κ1) is 14.7. The number of rotatable bonds is 4. The first-order valence-corrected chi connectivity index (χ1v) is 8.50. The van der Waals surface area contributed by atoms with Crippen LogP contribution in [0.5, 0.6) is 0 Å². The number of nitrogens with one attached hydrogen (secondary N) is 2. The number of para-hydroxylation sites is 1. The largest absolute Gasteiger partial charge is 0.349 e. The summed E-state index contributed by atoms with van der Waals surface area (Å²) in [6.07, 6.45) is 0. The van der Waals surface area contributed by atoms with Gasteiger partial charge in [-0.05, 0) is 49.9 Å². The van der Waals surface area contributed by atoms with E-state index in [1.54, 1.807) is 11.8 Å². The van der Waals surface area contributed by atoms with Crippen LogP contribution in [0.25, 0.3) is 10.9 Å². The van der Waals surface area contributed by atoms with Gasteiger partial charge in [-0.3, -0.25) is 0 Å². The molecule has 0 bridgehead atoms. The van der Waals surface area contributed by atoms with Crippen LogP contribution in [0.3, 0.4) is 0 Å². The molecule has 0 amide bonds. The molecule has 1 atom stereocenters. The minimum atomic E-state index is 0.314. The molecule has 0 fully saturated rings. The van der Waals surface area contributed by atoms with Crippen molar-refractivity contribution in [1.29, 1.82) is 0 Å². The predicted molar refractivity (Wildman–Crippen MR) is 94.0 cm³/mol. The van der Waals surface area contributed by atoms with Gasteiger partial charge < -0.3 is 10.3 Å². The molecule has 2 nitrogen and oxygen atoms in total. The van der Waals surface area contributed by atoms with Crippen molar-refractivity contribution in [2.75, 3.05) is 7.05 Å². The highest BCUT2D eigenvalue weighted by Gasteiger charge is 2.12. The normalized spacial score (nSPS) is 12.7. The summed E-state index contributed by atoms with van der Waals surface area (Å²) in [5.41, 5.74) is 2.48. The molecular formula is C17H17BrN2S. The fraction of sp³-hybridized carbons (Fsp3) is 0.176. The van der Waals surface area contributed by atoms with Crippen molar-refractivity contribution in [3.05, 3.63) is 58.6 Å². The van der Waals surface area contributed by atoms with Crippen LogP contribution in [0.1, 0.15) is 18.5 Å². The first-order valence-electron chi connectivity index (χ1n) is 6.89. The summed E-state index contributed by atoms with van der Waals surface area (Å²) >= 11 is 5.34. The minimum Gasteiger partial charge on any atom is -0.349 e. The van der Waals surface area contributed by atoms with Gasteiger partial charge in [-0.25, -0.2) is 0 Å². The van der Waals surface area contributed by atoms with Gasteiger partial charge in [-0.15, -0.1) is 0 Å². The Morgan fingerprint density at radius 1 is 1.14 bits per heavy atom. The summed E-state index contributed by atoms with van der Waals surface area (Å²) < 4.78 is 1.11. The average Bonchev–Trinajstić information content (AvgIpc) is 2.90. The number of hydrogen-bond acceptors (Lipinski definition) is 2. The van der Waals surface area contributed by atoms with Crippen LogP contribution in [-0.4, -0.2) is 12.0 Å². The fourth-order valence-electron chi connectivity index (χ4n) is 2.33. The second-order valence-corrected chi connectivity index (χ2v) is 7.01. The smallest absolute Gasteiger partial charge is 0.0780 e. The lowest BCUT2D eigenvalue weighted by atomic mass is 10.1. The highest BCUT2D eigenvalue weighted by atomic mass is 79.9. The lowest BCUT2D eigenvalue weighted by Crippen LogP contribution is -2.13. The Hall–Kier alpha value is -1.23. The molecule has 2 aromatic carbocycles. The highest BCUT2D eigenvalue weighted by Crippen LogP contribution is 2.35. The quantitative estimate of drug-likeness (QED) is 0.655. The molecule has 0 saturated heterocycles. The molecule has 0 aliphatic heterocycles. The van der Waals surface area contributed by atoms with E-state index in [0.717, 1.165) is 4.47 Å². The summed E-state index contributed by atoms with van der Waals surface area (Å²) in [6, 6.07) is 17.3. The predicted octanol–water partition coefficient (Wildman–Crippen LogP) is 5.36. The molecule has 1 aromatic heterocycles. The summed E-state index contributed by atoms with van der Waals surface area (Å²) in [7, 11) is 1.99. The third-order valence-electron chi connectivity index (χ3n) is 3.60. The van der Waals surface area contributed by atoms with Gasteiger partial charge in [-0.1, -0.05) is 45.9 Å². The summed E-state index contributed by atoms with van der Waals surface area (Å²) in [5, 5.41) is 5.74. The Balaban J connectivity index is 1.97. The van der Waals surface area contributed by atoms with E-state index in [0.29, 0.717) is 6.04 Å². The lowest BCUT2D eigenvalue weighted by molar-refractivity contribution is 0.641. The van der Waals surface area contributed by atoms with Crippen molar-refractivity contribution < 1.29 is 0 Å². The van der Waals surface area contributed by atoms with Gasteiger partial charge in [0, 0.05) is 26.3 Å². The van der Waals surface area contributed by atoms with E-state index >= 15 is 0 Å². The Labute approximate surface area is 137 Å². The number of hydrogen-bond donors (Lipinski definition) is 2. The van der Waals surface area contributed by atoms with Gasteiger partial charge >= 0.3 is 0 Å². The van der Waals surface area contributed by atoms with E-state index in [9.17, 15) is 0 Å². The average molecular weight is 361 g/mol. The molecule has 0 aliphatic rings. The van der Waals surface area contributed by atoms with E-state index in [2.05, 4.69) is 81.7 Å². The molecule has 3 aromatic rings. The molecule has 21 heavy (non-hydrogen) atoms. The lowest BCUT2D eigenvalue weighted by Gasteiger charge is -2.15. The number of aromatic nitrogens is 1. The van der Waals surface area contributed by atoms with Crippen LogP contribution < -0.4 is 5.32 Å². The van der Waals surface area contributed by atoms with Crippen LogP contribution in [0, 0.1) is 0 Å². The Kier molecular flexibility index (Phi) is 4.38. The van der Waals surface area contributed by atoms with E-state index in [1.807, 2.05) is 7.05 Å². The zero-order valence-electron chi connectivity index (χ0n) is 12.0. The topological polar surface area (TPSA) is 27.8 Å². The molecule has 0 saturated carbocycles. The SMILES string of the molecule is CNC(C)c1cc(Br)ccc1Sc1cc2ccccc2[nH]1. The van der Waals surface area contributed by atoms with Gasteiger partial charge in [-0.2, -0.15) is 0 Å². The van der Waals surface area contributed by atoms with Crippen LogP contribution >= 0.6 is 27.7 Å². The monoisotopic (exact) mass is 360 g/mol. The summed E-state index contributed by atoms with van der Waals surface area (Å²) in [4.78, 5) is 4.74. The van der Waals surface area contributed by atoms with Crippen molar-refractivity contribution in [2.24, 2.45) is 0 Å². The summed E-state index contributed by atoms with van der Waals surface area (Å²) in [6.45, 7) is 2.18. The van der Waals surface area contributed by atoms with Crippen LogP contribution in [0.15, 0.2) is 62.9 Å². The third kappa shape index (κ3) is 3.18. The first-order chi connectivity index (χ1) is 10.2. The number of fused-ring (bicyclic) bond motifs is 1. The van der Waals surface area contributed by atoms with Crippen LogP contribution in [-0.2, 0) is 0 Å². The fourth-order valence-corrected chi connectivity index (χ4v) is 3.78. The molecule has 0 aliphatic carbocycles. The summed E-state index contributed by atoms with van der Waals surface area (Å²) in [5.74, 6) is 0.